The average molecular weight is 300 g/mol. The van der Waals surface area contributed by atoms with Crippen molar-refractivity contribution in [2.75, 3.05) is 19.6 Å². The van der Waals surface area contributed by atoms with Gasteiger partial charge in [0.25, 0.3) is 5.91 Å². The maximum Gasteiger partial charge on any atom is 0.266 e. The summed E-state index contributed by atoms with van der Waals surface area (Å²) in [4.78, 5) is 14.5. The summed E-state index contributed by atoms with van der Waals surface area (Å²) < 4.78 is 0.803. The number of thiophene rings is 1. The fraction of sp³-hybridized carbons (Fsp3) is 0.400. The van der Waals surface area contributed by atoms with E-state index in [4.69, 9.17) is 5.26 Å². The van der Waals surface area contributed by atoms with Crippen LogP contribution in [0.5, 0.6) is 0 Å². The molecule has 6 heteroatoms. The Hall–Kier alpha value is -0.900. The molecule has 1 aliphatic rings. The molecule has 4 nitrogen and oxygen atoms in total. The van der Waals surface area contributed by atoms with E-state index in [1.54, 1.807) is 4.90 Å². The van der Waals surface area contributed by atoms with Crippen LogP contribution in [0.25, 0.3) is 0 Å². The molecule has 0 aliphatic carbocycles. The monoisotopic (exact) mass is 299 g/mol. The van der Waals surface area contributed by atoms with Crippen LogP contribution in [0.3, 0.4) is 0 Å². The van der Waals surface area contributed by atoms with Crippen molar-refractivity contribution < 1.29 is 4.79 Å². The lowest BCUT2D eigenvalue weighted by molar-refractivity contribution is 0.0691. The molecular weight excluding hydrogens is 290 g/mol. The molecule has 0 saturated carbocycles. The molecule has 1 unspecified atom stereocenters. The minimum Gasteiger partial charge on any atom is -0.319 e. The van der Waals surface area contributed by atoms with Gasteiger partial charge in [0.05, 0.1) is 6.07 Å². The molecule has 16 heavy (non-hydrogen) atoms. The zero-order valence-corrected chi connectivity index (χ0v) is 10.8. The van der Waals surface area contributed by atoms with Crippen molar-refractivity contribution in [1.82, 2.24) is 10.2 Å². The molecule has 1 saturated heterocycles. The lowest BCUT2D eigenvalue weighted by Gasteiger charge is -2.31. The van der Waals surface area contributed by atoms with Crippen LogP contribution in [-0.2, 0) is 0 Å². The molecule has 84 valence electrons. The number of nitriles is 1. The summed E-state index contributed by atoms with van der Waals surface area (Å²) in [5.41, 5.74) is 0. The largest absolute Gasteiger partial charge is 0.319 e. The maximum absolute atomic E-state index is 12.2. The highest BCUT2D eigenvalue weighted by atomic mass is 79.9. The summed E-state index contributed by atoms with van der Waals surface area (Å²) in [7, 11) is 0. The van der Waals surface area contributed by atoms with E-state index in [1.165, 1.54) is 11.3 Å². The number of nitrogens with one attached hydrogen (secondary N) is 1. The molecule has 1 aromatic heterocycles. The third-order valence-electron chi connectivity index (χ3n) is 2.46. The number of amides is 1. The van der Waals surface area contributed by atoms with Gasteiger partial charge in [0.1, 0.15) is 10.9 Å². The third kappa shape index (κ3) is 2.12. The highest BCUT2D eigenvalue weighted by Gasteiger charge is 2.28. The number of halogens is 1. The Balaban J connectivity index is 2.21. The highest BCUT2D eigenvalue weighted by Crippen LogP contribution is 2.25. The van der Waals surface area contributed by atoms with Gasteiger partial charge in [-0.05, 0) is 27.4 Å². The van der Waals surface area contributed by atoms with Crippen LogP contribution in [0.4, 0.5) is 0 Å². The van der Waals surface area contributed by atoms with Crippen LogP contribution >= 0.6 is 27.3 Å². The number of hydrogen-bond acceptors (Lipinski definition) is 4. The second-order valence-corrected chi connectivity index (χ2v) is 5.22. The molecule has 2 heterocycles. The van der Waals surface area contributed by atoms with E-state index in [2.05, 4.69) is 27.3 Å². The molecule has 1 aliphatic heterocycles. The first kappa shape index (κ1) is 11.6. The van der Waals surface area contributed by atoms with E-state index in [0.29, 0.717) is 18.0 Å². The Bertz CT molecular complexity index is 440. The lowest BCUT2D eigenvalue weighted by atomic mass is 10.2. The van der Waals surface area contributed by atoms with Crippen LogP contribution in [0.1, 0.15) is 9.67 Å². The smallest absolute Gasteiger partial charge is 0.266 e. The van der Waals surface area contributed by atoms with Gasteiger partial charge in [-0.15, -0.1) is 11.3 Å². The fourth-order valence-corrected chi connectivity index (χ4v) is 3.14. The number of carbonyl (C=O) groups is 1. The number of carbonyl (C=O) groups excluding carboxylic acids is 1. The molecular formula is C10H10BrN3OS. The Morgan fingerprint density at radius 2 is 2.56 bits per heavy atom. The van der Waals surface area contributed by atoms with Crippen LogP contribution in [-0.4, -0.2) is 36.5 Å². The van der Waals surface area contributed by atoms with E-state index in [1.807, 2.05) is 11.4 Å². The molecule has 2 rings (SSSR count). The first-order valence-electron chi connectivity index (χ1n) is 4.88. The Kier molecular flexibility index (Phi) is 3.59. The predicted octanol–water partition coefficient (Wildman–Crippen LogP) is 1.45. The zero-order chi connectivity index (χ0) is 11.5. The highest BCUT2D eigenvalue weighted by molar-refractivity contribution is 9.10. The van der Waals surface area contributed by atoms with Crippen molar-refractivity contribution in [2.24, 2.45) is 0 Å². The number of hydrogen-bond donors (Lipinski definition) is 1. The van der Waals surface area contributed by atoms with Crippen molar-refractivity contribution >= 4 is 33.2 Å². The molecule has 1 N–H and O–H groups in total. The van der Waals surface area contributed by atoms with Gasteiger partial charge in [0.2, 0.25) is 0 Å². The quantitative estimate of drug-likeness (QED) is 0.854. The lowest BCUT2D eigenvalue weighted by Crippen LogP contribution is -2.52. The van der Waals surface area contributed by atoms with E-state index in [9.17, 15) is 4.79 Å². The molecule has 0 spiro atoms. The fourth-order valence-electron chi connectivity index (χ4n) is 1.64. The number of piperazine rings is 1. The van der Waals surface area contributed by atoms with Gasteiger partial charge in [-0.1, -0.05) is 0 Å². The van der Waals surface area contributed by atoms with Crippen molar-refractivity contribution in [3.63, 3.8) is 0 Å². The molecule has 0 radical (unpaired) electrons. The van der Waals surface area contributed by atoms with Crippen LogP contribution < -0.4 is 5.32 Å². The number of rotatable bonds is 1. The molecule has 1 aromatic rings. The molecule has 0 aromatic carbocycles. The molecule has 1 amide bonds. The normalized spacial score (nSPS) is 20.5. The second-order valence-electron chi connectivity index (χ2n) is 3.45. The SMILES string of the molecule is N#CC1CNCCN1C(=O)c1sccc1Br. The topological polar surface area (TPSA) is 56.1 Å². The molecule has 0 bridgehead atoms. The van der Waals surface area contributed by atoms with Crippen molar-refractivity contribution in [1.29, 1.82) is 5.26 Å². The van der Waals surface area contributed by atoms with Crippen LogP contribution in [0.2, 0.25) is 0 Å². The predicted molar refractivity (Wildman–Crippen MR) is 65.3 cm³/mol. The summed E-state index contributed by atoms with van der Waals surface area (Å²) in [6.45, 7) is 1.87. The summed E-state index contributed by atoms with van der Waals surface area (Å²) in [5, 5.41) is 14.0. The van der Waals surface area contributed by atoms with Gasteiger partial charge in [-0.3, -0.25) is 4.79 Å². The van der Waals surface area contributed by atoms with E-state index >= 15 is 0 Å². The van der Waals surface area contributed by atoms with Crippen LogP contribution in [0, 0.1) is 11.3 Å². The molecule has 1 fully saturated rings. The standard InChI is InChI=1S/C10H10BrN3OS/c11-8-1-4-16-9(8)10(15)14-3-2-13-6-7(14)5-12/h1,4,7,13H,2-3,6H2. The Morgan fingerprint density at radius 3 is 3.19 bits per heavy atom. The van der Waals surface area contributed by atoms with Gasteiger partial charge < -0.3 is 10.2 Å². The van der Waals surface area contributed by atoms with Gasteiger partial charge in [-0.2, -0.15) is 5.26 Å². The van der Waals surface area contributed by atoms with Crippen molar-refractivity contribution in [3.8, 4) is 6.07 Å². The van der Waals surface area contributed by atoms with E-state index < -0.39 is 0 Å². The molecule has 1 atom stereocenters. The minimum atomic E-state index is -0.366. The summed E-state index contributed by atoms with van der Waals surface area (Å²) in [6.07, 6.45) is 0. The van der Waals surface area contributed by atoms with Crippen LogP contribution in [0.15, 0.2) is 15.9 Å². The second kappa shape index (κ2) is 4.95. The van der Waals surface area contributed by atoms with E-state index in [0.717, 1.165) is 11.0 Å². The van der Waals surface area contributed by atoms with Gasteiger partial charge in [0, 0.05) is 24.1 Å². The number of nitrogens with zero attached hydrogens (tertiary/aromatic N) is 2. The average Bonchev–Trinajstić information content (AvgIpc) is 2.74. The first-order valence-corrected chi connectivity index (χ1v) is 6.55. The summed E-state index contributed by atoms with van der Waals surface area (Å²) in [6, 6.07) is 3.63. The van der Waals surface area contributed by atoms with Gasteiger partial charge >= 0.3 is 0 Å². The summed E-state index contributed by atoms with van der Waals surface area (Å²) in [5.74, 6) is -0.0603. The Morgan fingerprint density at radius 1 is 1.75 bits per heavy atom. The third-order valence-corrected chi connectivity index (χ3v) is 4.29. The van der Waals surface area contributed by atoms with Crippen molar-refractivity contribution in [3.05, 3.63) is 20.8 Å². The van der Waals surface area contributed by atoms with Gasteiger partial charge in [-0.25, -0.2) is 0 Å². The van der Waals surface area contributed by atoms with E-state index in [-0.39, 0.29) is 11.9 Å². The minimum absolute atomic E-state index is 0.0603. The first-order chi connectivity index (χ1) is 7.74. The van der Waals surface area contributed by atoms with Gasteiger partial charge in [0.15, 0.2) is 0 Å². The summed E-state index contributed by atoms with van der Waals surface area (Å²) >= 11 is 4.74. The zero-order valence-electron chi connectivity index (χ0n) is 8.44. The maximum atomic E-state index is 12.2. The van der Waals surface area contributed by atoms with Crippen molar-refractivity contribution in [2.45, 2.75) is 6.04 Å². The Labute approximate surface area is 106 Å².